The van der Waals surface area contributed by atoms with Gasteiger partial charge in [0, 0.05) is 5.56 Å². The summed E-state index contributed by atoms with van der Waals surface area (Å²) in [5, 5.41) is 6.45. The maximum atomic E-state index is 12.9. The lowest BCUT2D eigenvalue weighted by atomic mass is 10.0. The zero-order valence-electron chi connectivity index (χ0n) is 14.6. The molecular formula is C22H13N3O2S. The molecule has 0 N–H and O–H groups in total. The lowest BCUT2D eigenvalue weighted by Crippen LogP contribution is -2.26. The van der Waals surface area contributed by atoms with Crippen molar-refractivity contribution in [3.8, 4) is 11.3 Å². The Morgan fingerprint density at radius 1 is 0.857 bits per heavy atom. The summed E-state index contributed by atoms with van der Waals surface area (Å²) >= 11 is 1.17. The van der Waals surface area contributed by atoms with Gasteiger partial charge >= 0.3 is 5.56 Å². The highest BCUT2D eigenvalue weighted by molar-refractivity contribution is 7.15. The molecule has 0 unspecified atom stereocenters. The summed E-state index contributed by atoms with van der Waals surface area (Å²) in [6, 6.07) is 23.0. The average Bonchev–Trinajstić information content (AvgIpc) is 3.03. The van der Waals surface area contributed by atoms with Gasteiger partial charge in [0.2, 0.25) is 4.96 Å². The van der Waals surface area contributed by atoms with Crippen molar-refractivity contribution < 1.29 is 0 Å². The number of hydrogen-bond donors (Lipinski definition) is 0. The van der Waals surface area contributed by atoms with Gasteiger partial charge in [0.05, 0.1) is 4.53 Å². The van der Waals surface area contributed by atoms with E-state index in [1.165, 1.54) is 15.9 Å². The van der Waals surface area contributed by atoms with Crippen molar-refractivity contribution in [1.29, 1.82) is 0 Å². The SMILES string of the molecule is O=c1nc2s/c(=C\c3cccc4ccccc34)c(=O)n2nc1-c1ccccc1. The molecule has 28 heavy (non-hydrogen) atoms. The fourth-order valence-corrected chi connectivity index (χ4v) is 4.10. The van der Waals surface area contributed by atoms with Crippen LogP contribution in [-0.4, -0.2) is 14.6 Å². The van der Waals surface area contributed by atoms with Crippen LogP contribution in [0.2, 0.25) is 0 Å². The smallest absolute Gasteiger partial charge is 0.266 e. The van der Waals surface area contributed by atoms with Crippen molar-refractivity contribution in [3.63, 3.8) is 0 Å². The largest absolute Gasteiger partial charge is 0.300 e. The average molecular weight is 383 g/mol. The Hall–Kier alpha value is -3.64. The first-order chi connectivity index (χ1) is 13.7. The second-order valence-corrected chi connectivity index (χ2v) is 7.32. The summed E-state index contributed by atoms with van der Waals surface area (Å²) in [5.41, 5.74) is 1.03. The van der Waals surface area contributed by atoms with E-state index in [9.17, 15) is 9.59 Å². The van der Waals surface area contributed by atoms with Crippen LogP contribution in [0.3, 0.4) is 0 Å². The summed E-state index contributed by atoms with van der Waals surface area (Å²) in [4.78, 5) is 29.7. The summed E-state index contributed by atoms with van der Waals surface area (Å²) in [6.45, 7) is 0. The van der Waals surface area contributed by atoms with E-state index < -0.39 is 5.56 Å². The van der Waals surface area contributed by atoms with Crippen molar-refractivity contribution >= 4 is 33.1 Å². The van der Waals surface area contributed by atoms with Gasteiger partial charge in [0.1, 0.15) is 0 Å². The van der Waals surface area contributed by atoms with Crippen molar-refractivity contribution in [2.75, 3.05) is 0 Å². The van der Waals surface area contributed by atoms with Gasteiger partial charge in [-0.25, -0.2) is 0 Å². The van der Waals surface area contributed by atoms with E-state index >= 15 is 0 Å². The molecule has 0 aliphatic heterocycles. The molecule has 134 valence electrons. The van der Waals surface area contributed by atoms with Crippen LogP contribution in [-0.2, 0) is 0 Å². The molecule has 0 bridgehead atoms. The molecule has 0 aliphatic rings. The third-order valence-electron chi connectivity index (χ3n) is 4.54. The van der Waals surface area contributed by atoms with Gasteiger partial charge in [-0.2, -0.15) is 14.6 Å². The van der Waals surface area contributed by atoms with Crippen LogP contribution in [0.25, 0.3) is 33.1 Å². The summed E-state index contributed by atoms with van der Waals surface area (Å²) in [7, 11) is 0. The minimum absolute atomic E-state index is 0.171. The van der Waals surface area contributed by atoms with Crippen LogP contribution < -0.4 is 15.7 Å². The molecule has 2 heterocycles. The van der Waals surface area contributed by atoms with Crippen molar-refractivity contribution in [3.05, 3.63) is 104 Å². The Morgan fingerprint density at radius 2 is 1.61 bits per heavy atom. The zero-order chi connectivity index (χ0) is 19.1. The number of nitrogens with zero attached hydrogens (tertiary/aromatic N) is 3. The van der Waals surface area contributed by atoms with Crippen molar-refractivity contribution in [2.24, 2.45) is 0 Å². The molecule has 0 radical (unpaired) electrons. The highest BCUT2D eigenvalue weighted by Gasteiger charge is 2.12. The number of benzene rings is 3. The molecule has 0 atom stereocenters. The van der Waals surface area contributed by atoms with Gasteiger partial charge in [-0.05, 0) is 22.4 Å². The Balaban J connectivity index is 1.76. The topological polar surface area (TPSA) is 64.3 Å². The van der Waals surface area contributed by atoms with Gasteiger partial charge in [0.15, 0.2) is 5.69 Å². The third kappa shape index (κ3) is 2.71. The predicted molar refractivity (Wildman–Crippen MR) is 112 cm³/mol. The molecule has 0 fully saturated rings. The van der Waals surface area contributed by atoms with E-state index in [0.717, 1.165) is 16.3 Å². The molecule has 6 heteroatoms. The minimum Gasteiger partial charge on any atom is -0.266 e. The standard InChI is InChI=1S/C22H13N3O2S/c26-20-19(15-8-2-1-3-9-15)24-25-21(27)18(28-22(25)23-20)13-16-11-6-10-14-7-4-5-12-17(14)16/h1-13H/b18-13-. The summed E-state index contributed by atoms with van der Waals surface area (Å²) in [6.07, 6.45) is 1.83. The molecule has 0 aliphatic carbocycles. The van der Waals surface area contributed by atoms with Crippen LogP contribution in [0.1, 0.15) is 5.56 Å². The second kappa shape index (κ2) is 6.51. The predicted octanol–water partition coefficient (Wildman–Crippen LogP) is 2.88. The van der Waals surface area contributed by atoms with Crippen molar-refractivity contribution in [1.82, 2.24) is 14.6 Å². The molecule has 0 saturated heterocycles. The molecule has 0 amide bonds. The van der Waals surface area contributed by atoms with Crippen LogP contribution in [0.5, 0.6) is 0 Å². The molecular weight excluding hydrogens is 370 g/mol. The summed E-state index contributed by atoms with van der Waals surface area (Å²) < 4.78 is 1.70. The monoisotopic (exact) mass is 383 g/mol. The number of thiazole rings is 1. The highest BCUT2D eigenvalue weighted by Crippen LogP contribution is 2.19. The molecule has 0 spiro atoms. The van der Waals surface area contributed by atoms with Gasteiger partial charge in [-0.1, -0.05) is 84.1 Å². The highest BCUT2D eigenvalue weighted by atomic mass is 32.1. The van der Waals surface area contributed by atoms with Crippen LogP contribution >= 0.6 is 11.3 Å². The Labute approximate surface area is 162 Å². The fraction of sp³-hybridized carbons (Fsp3) is 0. The normalized spacial score (nSPS) is 12.1. The second-order valence-electron chi connectivity index (χ2n) is 6.31. The van der Waals surface area contributed by atoms with Crippen molar-refractivity contribution in [2.45, 2.75) is 0 Å². The third-order valence-corrected chi connectivity index (χ3v) is 5.50. The molecule has 5 aromatic rings. The zero-order valence-corrected chi connectivity index (χ0v) is 15.4. The lowest BCUT2D eigenvalue weighted by molar-refractivity contribution is 0.873. The van der Waals surface area contributed by atoms with Gasteiger partial charge in [-0.3, -0.25) is 9.59 Å². The van der Waals surface area contributed by atoms with Crippen LogP contribution in [0, 0.1) is 0 Å². The van der Waals surface area contributed by atoms with Gasteiger partial charge < -0.3 is 0 Å². The Bertz CT molecular complexity index is 1500. The number of hydrogen-bond acceptors (Lipinski definition) is 5. The Morgan fingerprint density at radius 3 is 2.46 bits per heavy atom. The van der Waals surface area contributed by atoms with E-state index in [1.54, 1.807) is 12.1 Å². The maximum Gasteiger partial charge on any atom is 0.300 e. The number of rotatable bonds is 2. The first-order valence-corrected chi connectivity index (χ1v) is 9.51. The van der Waals surface area contributed by atoms with E-state index in [4.69, 9.17) is 0 Å². The quantitative estimate of drug-likeness (QED) is 0.470. The van der Waals surface area contributed by atoms with E-state index in [0.29, 0.717) is 15.1 Å². The number of fused-ring (bicyclic) bond motifs is 2. The van der Waals surface area contributed by atoms with Gasteiger partial charge in [-0.15, -0.1) is 0 Å². The first kappa shape index (κ1) is 16.5. The molecule has 5 rings (SSSR count). The fourth-order valence-electron chi connectivity index (χ4n) is 3.20. The van der Waals surface area contributed by atoms with Crippen LogP contribution in [0.15, 0.2) is 82.4 Å². The van der Waals surface area contributed by atoms with E-state index in [2.05, 4.69) is 10.1 Å². The maximum absolute atomic E-state index is 12.9. The minimum atomic E-state index is -0.441. The van der Waals surface area contributed by atoms with E-state index in [-0.39, 0.29) is 11.3 Å². The lowest BCUT2D eigenvalue weighted by Gasteiger charge is -2.00. The van der Waals surface area contributed by atoms with E-state index in [1.807, 2.05) is 66.7 Å². The molecule has 0 saturated carbocycles. The summed E-state index contributed by atoms with van der Waals surface area (Å²) in [5.74, 6) is 0. The molecule has 3 aromatic carbocycles. The Kier molecular flexibility index (Phi) is 3.84. The van der Waals surface area contributed by atoms with Gasteiger partial charge in [0.25, 0.3) is 5.56 Å². The first-order valence-electron chi connectivity index (χ1n) is 8.69. The molecule has 5 nitrogen and oxygen atoms in total. The molecule has 2 aromatic heterocycles. The number of aromatic nitrogens is 3. The van der Waals surface area contributed by atoms with Crippen LogP contribution in [0.4, 0.5) is 0 Å².